The molecule has 4 aromatic carbocycles. The van der Waals surface area contributed by atoms with Gasteiger partial charge in [0.25, 0.3) is 0 Å². The Hall–Kier alpha value is -3.16. The zero-order valence-corrected chi connectivity index (χ0v) is 20.4. The molecule has 0 saturated carbocycles. The summed E-state index contributed by atoms with van der Waals surface area (Å²) in [5, 5.41) is 0. The second kappa shape index (κ2) is 7.17. The van der Waals surface area contributed by atoms with Gasteiger partial charge in [0.15, 0.2) is 0 Å². The maximum atomic E-state index is 6.84. The van der Waals surface area contributed by atoms with Gasteiger partial charge in [0, 0.05) is 0 Å². The number of fused-ring (bicyclic) bond motifs is 3. The number of hydrogen-bond acceptors (Lipinski definition) is 0. The maximum absolute atomic E-state index is 6.84. The minimum absolute atomic E-state index is 0.386. The summed E-state index contributed by atoms with van der Waals surface area (Å²) in [4.78, 5) is 0. The fourth-order valence-electron chi connectivity index (χ4n) is 6.35. The second-order valence-electron chi connectivity index (χ2n) is 9.20. The van der Waals surface area contributed by atoms with E-state index in [1.807, 2.05) is 6.07 Å². The quantitative estimate of drug-likeness (QED) is 0.314. The van der Waals surface area contributed by atoms with Crippen LogP contribution in [0.4, 0.5) is 0 Å². The molecule has 1 atom stereocenters. The Morgan fingerprint density at radius 3 is 2.53 bits per heavy atom. The first kappa shape index (κ1) is 20.2. The number of allylic oxidation sites excluding steroid dienone is 4. The molecular formula is C31H19B2Br. The van der Waals surface area contributed by atoms with Crippen LogP contribution in [0.3, 0.4) is 0 Å². The molecule has 0 bridgehead atoms. The van der Waals surface area contributed by atoms with Crippen molar-refractivity contribution in [1.29, 1.82) is 0 Å². The van der Waals surface area contributed by atoms with Crippen LogP contribution in [0.1, 0.15) is 29.2 Å². The Kier molecular flexibility index (Phi) is 4.27. The van der Waals surface area contributed by atoms with Crippen LogP contribution in [0.5, 0.6) is 0 Å². The topological polar surface area (TPSA) is 0 Å². The van der Waals surface area contributed by atoms with Crippen LogP contribution >= 0.6 is 15.9 Å². The van der Waals surface area contributed by atoms with Crippen LogP contribution in [0.25, 0.3) is 27.8 Å². The van der Waals surface area contributed by atoms with Crippen LogP contribution in [-0.4, -0.2) is 20.2 Å². The van der Waals surface area contributed by atoms with Crippen molar-refractivity contribution in [2.75, 3.05) is 0 Å². The van der Waals surface area contributed by atoms with Crippen LogP contribution in [0.2, 0.25) is 0 Å². The monoisotopic (exact) mass is 492 g/mol. The first-order chi connectivity index (χ1) is 16.7. The van der Waals surface area contributed by atoms with E-state index in [2.05, 4.69) is 121 Å². The van der Waals surface area contributed by atoms with Gasteiger partial charge in [-0.3, -0.25) is 0 Å². The SMILES string of the molecule is [B]c1ccc(Br)c2c1C13C(=Bc4cccc(c41)-c1ccc(-c4ccccc4)cc13)/C2=C\C=C/C. The van der Waals surface area contributed by atoms with Crippen molar-refractivity contribution in [2.24, 2.45) is 0 Å². The fraction of sp³-hybridized carbons (Fsp3) is 0.0645. The third kappa shape index (κ3) is 2.38. The summed E-state index contributed by atoms with van der Waals surface area (Å²) >= 11 is 3.88. The summed E-state index contributed by atoms with van der Waals surface area (Å²) < 4.78 is 1.09. The molecule has 0 aromatic heterocycles. The van der Waals surface area contributed by atoms with Crippen molar-refractivity contribution >= 4 is 52.7 Å². The fourth-order valence-corrected chi connectivity index (χ4v) is 6.89. The Morgan fingerprint density at radius 2 is 1.71 bits per heavy atom. The molecule has 4 aromatic rings. The van der Waals surface area contributed by atoms with Crippen molar-refractivity contribution < 1.29 is 0 Å². The van der Waals surface area contributed by atoms with Gasteiger partial charge in [0.1, 0.15) is 0 Å². The zero-order chi connectivity index (χ0) is 23.0. The number of halogens is 1. The van der Waals surface area contributed by atoms with E-state index >= 15 is 0 Å². The van der Waals surface area contributed by atoms with Gasteiger partial charge >= 0.3 is 211 Å². The molecule has 3 heteroatoms. The van der Waals surface area contributed by atoms with E-state index in [1.54, 1.807) is 0 Å². The van der Waals surface area contributed by atoms with Gasteiger partial charge in [0.05, 0.1) is 0 Å². The van der Waals surface area contributed by atoms with Gasteiger partial charge in [-0.15, -0.1) is 0 Å². The van der Waals surface area contributed by atoms with Crippen molar-refractivity contribution in [2.45, 2.75) is 12.3 Å². The van der Waals surface area contributed by atoms with E-state index in [1.165, 1.54) is 61.0 Å². The molecule has 0 N–H and O–H groups in total. The molecule has 0 saturated heterocycles. The zero-order valence-electron chi connectivity index (χ0n) is 18.8. The van der Waals surface area contributed by atoms with E-state index in [-0.39, 0.29) is 5.41 Å². The molecule has 3 aliphatic rings. The second-order valence-corrected chi connectivity index (χ2v) is 10.1. The molecular weight excluding hydrogens is 474 g/mol. The van der Waals surface area contributed by atoms with Gasteiger partial charge < -0.3 is 0 Å². The Bertz CT molecular complexity index is 1630. The van der Waals surface area contributed by atoms with E-state index in [9.17, 15) is 0 Å². The van der Waals surface area contributed by atoms with Gasteiger partial charge in [0.2, 0.25) is 0 Å². The molecule has 1 aliphatic heterocycles. The summed E-state index contributed by atoms with van der Waals surface area (Å²) in [5.41, 5.74) is 14.5. The standard InChI is InChI=1S/C31H19B2Br/c1-2-3-10-22-27-26(34)16-15-24(32)29(27)31-23-17-19(18-8-5-4-6-9-18)13-14-20(23)21-11-7-12-25(28(21)31)33-30(22)31/h2-17H,1H3/b3-2-,22-10-. The first-order valence-electron chi connectivity index (χ1n) is 11.6. The molecule has 7 rings (SSSR count). The summed E-state index contributed by atoms with van der Waals surface area (Å²) in [6, 6.07) is 28.4. The molecule has 2 aliphatic carbocycles. The van der Waals surface area contributed by atoms with Crippen LogP contribution in [-0.2, 0) is 5.41 Å². The first-order valence-corrected chi connectivity index (χ1v) is 12.4. The summed E-state index contributed by atoms with van der Waals surface area (Å²) in [7, 11) is 6.84. The molecule has 156 valence electrons. The summed E-state index contributed by atoms with van der Waals surface area (Å²) in [6.07, 6.45) is 6.46. The van der Waals surface area contributed by atoms with E-state index in [4.69, 9.17) is 7.85 Å². The minimum atomic E-state index is -0.386. The average Bonchev–Trinajstić information content (AvgIpc) is 3.46. The molecule has 2 radical (unpaired) electrons. The summed E-state index contributed by atoms with van der Waals surface area (Å²) in [5.74, 6) is 0. The van der Waals surface area contributed by atoms with Crippen molar-refractivity contribution in [3.63, 3.8) is 0 Å². The third-order valence-electron chi connectivity index (χ3n) is 7.57. The van der Waals surface area contributed by atoms with Crippen LogP contribution in [0.15, 0.2) is 102 Å². The molecule has 1 spiro atoms. The van der Waals surface area contributed by atoms with Crippen molar-refractivity contribution in [1.82, 2.24) is 0 Å². The van der Waals surface area contributed by atoms with E-state index in [0.717, 1.165) is 9.94 Å². The summed E-state index contributed by atoms with van der Waals surface area (Å²) in [6.45, 7) is 4.45. The van der Waals surface area contributed by atoms with Gasteiger partial charge in [-0.05, 0) is 0 Å². The normalized spacial score (nSPS) is 19.6. The molecule has 0 nitrogen and oxygen atoms in total. The predicted molar refractivity (Wildman–Crippen MR) is 150 cm³/mol. The predicted octanol–water partition coefficient (Wildman–Crippen LogP) is 5.71. The van der Waals surface area contributed by atoms with Crippen molar-refractivity contribution in [3.8, 4) is 22.3 Å². The number of benzene rings is 4. The van der Waals surface area contributed by atoms with E-state index < -0.39 is 0 Å². The van der Waals surface area contributed by atoms with Crippen LogP contribution in [0, 0.1) is 0 Å². The van der Waals surface area contributed by atoms with Crippen LogP contribution < -0.4 is 10.9 Å². The molecule has 0 fully saturated rings. The molecule has 34 heavy (non-hydrogen) atoms. The Morgan fingerprint density at radius 1 is 0.853 bits per heavy atom. The molecule has 0 amide bonds. The van der Waals surface area contributed by atoms with Crippen molar-refractivity contribution in [3.05, 3.63) is 124 Å². The van der Waals surface area contributed by atoms with Gasteiger partial charge in [-0.2, -0.15) is 0 Å². The third-order valence-corrected chi connectivity index (χ3v) is 8.23. The average molecular weight is 493 g/mol. The Labute approximate surface area is 210 Å². The number of hydrogen-bond donors (Lipinski definition) is 0. The number of rotatable bonds is 2. The molecule has 1 heterocycles. The van der Waals surface area contributed by atoms with Gasteiger partial charge in [-0.1, -0.05) is 0 Å². The molecule has 1 unspecified atom stereocenters. The van der Waals surface area contributed by atoms with Gasteiger partial charge in [-0.25, -0.2) is 0 Å². The Balaban J connectivity index is 1.65. The van der Waals surface area contributed by atoms with E-state index in [0.29, 0.717) is 0 Å².